The van der Waals surface area contributed by atoms with Crippen LogP contribution in [0.15, 0.2) is 36.0 Å². The topological polar surface area (TPSA) is 59.6 Å². The first kappa shape index (κ1) is 13.6. The smallest absolute Gasteiger partial charge is 0.361 e. The van der Waals surface area contributed by atoms with E-state index in [1.807, 2.05) is 0 Å². The Morgan fingerprint density at radius 3 is 2.28 bits per heavy atom. The molecule has 0 saturated carbocycles. The highest BCUT2D eigenvalue weighted by molar-refractivity contribution is 5.48. The molecule has 0 unspecified atom stereocenters. The summed E-state index contributed by atoms with van der Waals surface area (Å²) < 4.78 is 36.8. The fourth-order valence-corrected chi connectivity index (χ4v) is 1.13. The van der Waals surface area contributed by atoms with Crippen LogP contribution in [0.5, 0.6) is 0 Å². The Kier molecular flexibility index (Phi) is 4.33. The SMILES string of the molecule is N#CC/C(C#N)=C\Nc1ccc(C(F)(F)F)cc1. The summed E-state index contributed by atoms with van der Waals surface area (Å²) in [5, 5.41) is 19.7. The van der Waals surface area contributed by atoms with Gasteiger partial charge in [0.25, 0.3) is 0 Å². The third kappa shape index (κ3) is 3.84. The molecule has 0 aromatic heterocycles. The van der Waals surface area contributed by atoms with Crippen LogP contribution in [0.2, 0.25) is 0 Å². The maximum absolute atomic E-state index is 12.3. The van der Waals surface area contributed by atoms with Gasteiger partial charge in [-0.25, -0.2) is 0 Å². The fraction of sp³-hybridized carbons (Fsp3) is 0.167. The minimum atomic E-state index is -4.37. The number of allylic oxidation sites excluding steroid dienone is 1. The van der Waals surface area contributed by atoms with Crippen LogP contribution >= 0.6 is 0 Å². The van der Waals surface area contributed by atoms with Crippen LogP contribution < -0.4 is 5.32 Å². The van der Waals surface area contributed by atoms with Crippen molar-refractivity contribution in [3.8, 4) is 12.1 Å². The van der Waals surface area contributed by atoms with Gasteiger partial charge in [0.2, 0.25) is 0 Å². The Bertz CT molecular complexity index is 515. The van der Waals surface area contributed by atoms with Gasteiger partial charge in [0.05, 0.1) is 29.7 Å². The lowest BCUT2D eigenvalue weighted by Crippen LogP contribution is -2.04. The van der Waals surface area contributed by atoms with Crippen molar-refractivity contribution < 1.29 is 13.2 Å². The van der Waals surface area contributed by atoms with Crippen molar-refractivity contribution in [1.82, 2.24) is 0 Å². The zero-order valence-electron chi connectivity index (χ0n) is 9.12. The Morgan fingerprint density at radius 2 is 1.83 bits per heavy atom. The van der Waals surface area contributed by atoms with Gasteiger partial charge < -0.3 is 5.32 Å². The van der Waals surface area contributed by atoms with Gasteiger partial charge in [0.1, 0.15) is 0 Å². The number of nitriles is 2. The van der Waals surface area contributed by atoms with E-state index in [1.165, 1.54) is 18.3 Å². The van der Waals surface area contributed by atoms with Gasteiger partial charge in [-0.05, 0) is 24.3 Å². The molecule has 1 aromatic rings. The molecule has 0 aliphatic heterocycles. The molecule has 0 atom stereocenters. The summed E-state index contributed by atoms with van der Waals surface area (Å²) >= 11 is 0. The minimum absolute atomic E-state index is 0.0515. The molecule has 0 fully saturated rings. The number of benzene rings is 1. The molecule has 1 aromatic carbocycles. The molecule has 0 spiro atoms. The first-order valence-corrected chi connectivity index (χ1v) is 4.87. The van der Waals surface area contributed by atoms with Gasteiger partial charge >= 0.3 is 6.18 Å². The summed E-state index contributed by atoms with van der Waals surface area (Å²) in [5.41, 5.74) is -0.124. The number of hydrogen-bond acceptors (Lipinski definition) is 3. The highest BCUT2D eigenvalue weighted by atomic mass is 19.4. The Hall–Kier alpha value is -2.47. The van der Waals surface area contributed by atoms with E-state index < -0.39 is 11.7 Å². The number of hydrogen-bond donors (Lipinski definition) is 1. The molecule has 0 aliphatic rings. The summed E-state index contributed by atoms with van der Waals surface area (Å²) in [6.45, 7) is 0. The second-order valence-electron chi connectivity index (χ2n) is 3.34. The Morgan fingerprint density at radius 1 is 1.22 bits per heavy atom. The van der Waals surface area contributed by atoms with E-state index >= 15 is 0 Å². The molecular weight excluding hydrogens is 243 g/mol. The maximum Gasteiger partial charge on any atom is 0.416 e. The van der Waals surface area contributed by atoms with Crippen LogP contribution in [0.1, 0.15) is 12.0 Å². The van der Waals surface area contributed by atoms with Crippen molar-refractivity contribution in [3.05, 3.63) is 41.6 Å². The normalized spacial score (nSPS) is 11.5. The predicted octanol–water partition coefficient (Wildman–Crippen LogP) is 3.44. The van der Waals surface area contributed by atoms with Gasteiger partial charge in [-0.3, -0.25) is 0 Å². The Labute approximate surface area is 102 Å². The van der Waals surface area contributed by atoms with Crippen molar-refractivity contribution in [2.45, 2.75) is 12.6 Å². The second kappa shape index (κ2) is 5.74. The lowest BCUT2D eigenvalue weighted by atomic mass is 10.2. The molecule has 0 radical (unpaired) electrons. The van der Waals surface area contributed by atoms with Crippen LogP contribution in [-0.2, 0) is 6.18 Å². The highest BCUT2D eigenvalue weighted by Crippen LogP contribution is 2.29. The van der Waals surface area contributed by atoms with Crippen LogP contribution in [0.4, 0.5) is 18.9 Å². The lowest BCUT2D eigenvalue weighted by molar-refractivity contribution is -0.137. The summed E-state index contributed by atoms with van der Waals surface area (Å²) in [5.74, 6) is 0. The van der Waals surface area contributed by atoms with Crippen LogP contribution in [0.3, 0.4) is 0 Å². The first-order chi connectivity index (χ1) is 8.47. The van der Waals surface area contributed by atoms with Crippen LogP contribution in [0, 0.1) is 22.7 Å². The van der Waals surface area contributed by atoms with Crippen LogP contribution in [0.25, 0.3) is 0 Å². The van der Waals surface area contributed by atoms with E-state index in [1.54, 1.807) is 12.1 Å². The molecule has 3 nitrogen and oxygen atoms in total. The standard InChI is InChI=1S/C12H8F3N3/c13-12(14,15)10-1-3-11(4-2-10)18-8-9(7-17)5-6-16/h1-4,8,18H,5H2/b9-8+. The molecule has 1 N–H and O–H groups in total. The van der Waals surface area contributed by atoms with Crippen molar-refractivity contribution >= 4 is 5.69 Å². The largest absolute Gasteiger partial charge is 0.416 e. The van der Waals surface area contributed by atoms with Crippen molar-refractivity contribution in [2.75, 3.05) is 5.32 Å². The molecule has 6 heteroatoms. The van der Waals surface area contributed by atoms with E-state index in [-0.39, 0.29) is 12.0 Å². The molecule has 1 rings (SSSR count). The predicted molar refractivity (Wildman–Crippen MR) is 59.0 cm³/mol. The maximum atomic E-state index is 12.3. The van der Waals surface area contributed by atoms with Gasteiger partial charge in [-0.15, -0.1) is 0 Å². The van der Waals surface area contributed by atoms with Crippen molar-refractivity contribution in [3.63, 3.8) is 0 Å². The van der Waals surface area contributed by atoms with E-state index in [9.17, 15) is 13.2 Å². The number of alkyl halides is 3. The van der Waals surface area contributed by atoms with E-state index in [4.69, 9.17) is 10.5 Å². The minimum Gasteiger partial charge on any atom is -0.361 e. The number of nitrogens with zero attached hydrogens (tertiary/aromatic N) is 2. The number of nitrogens with one attached hydrogen (secondary N) is 1. The molecule has 0 aliphatic carbocycles. The zero-order chi connectivity index (χ0) is 13.6. The third-order valence-electron chi connectivity index (χ3n) is 2.04. The van der Waals surface area contributed by atoms with Gasteiger partial charge in [-0.2, -0.15) is 23.7 Å². The third-order valence-corrected chi connectivity index (χ3v) is 2.04. The summed E-state index contributed by atoms with van der Waals surface area (Å²) in [6, 6.07) is 7.98. The second-order valence-corrected chi connectivity index (χ2v) is 3.34. The van der Waals surface area contributed by atoms with Gasteiger partial charge in [0, 0.05) is 11.9 Å². The molecule has 92 valence electrons. The average molecular weight is 251 g/mol. The van der Waals surface area contributed by atoms with Crippen molar-refractivity contribution in [2.24, 2.45) is 0 Å². The van der Waals surface area contributed by atoms with E-state index in [0.29, 0.717) is 5.69 Å². The average Bonchev–Trinajstić information content (AvgIpc) is 2.34. The monoisotopic (exact) mass is 251 g/mol. The molecule has 0 amide bonds. The number of anilines is 1. The highest BCUT2D eigenvalue weighted by Gasteiger charge is 2.29. The van der Waals surface area contributed by atoms with E-state index in [0.717, 1.165) is 12.1 Å². The number of rotatable bonds is 3. The van der Waals surface area contributed by atoms with Gasteiger partial charge in [-0.1, -0.05) is 0 Å². The Balaban J connectivity index is 2.77. The van der Waals surface area contributed by atoms with Gasteiger partial charge in [0.15, 0.2) is 0 Å². The molecular formula is C12H8F3N3. The van der Waals surface area contributed by atoms with Crippen LogP contribution in [-0.4, -0.2) is 0 Å². The molecule has 0 bridgehead atoms. The molecule has 18 heavy (non-hydrogen) atoms. The summed E-state index contributed by atoms with van der Waals surface area (Å²) in [4.78, 5) is 0. The lowest BCUT2D eigenvalue weighted by Gasteiger charge is -2.07. The fourth-order valence-electron chi connectivity index (χ4n) is 1.13. The summed E-state index contributed by atoms with van der Waals surface area (Å²) in [7, 11) is 0. The summed E-state index contributed by atoms with van der Waals surface area (Å²) in [6.07, 6.45) is -3.12. The molecule has 0 saturated heterocycles. The molecule has 0 heterocycles. The number of halogens is 3. The van der Waals surface area contributed by atoms with E-state index in [2.05, 4.69) is 5.32 Å². The zero-order valence-corrected chi connectivity index (χ0v) is 9.12. The first-order valence-electron chi connectivity index (χ1n) is 4.87. The quantitative estimate of drug-likeness (QED) is 0.837. The van der Waals surface area contributed by atoms with Crippen molar-refractivity contribution in [1.29, 1.82) is 10.5 Å².